The highest BCUT2D eigenvalue weighted by Gasteiger charge is 2.12. The van der Waals surface area contributed by atoms with Crippen molar-refractivity contribution in [2.75, 3.05) is 5.32 Å². The second-order valence-electron chi connectivity index (χ2n) is 4.10. The first-order valence-corrected chi connectivity index (χ1v) is 6.62. The number of amides is 1. The van der Waals surface area contributed by atoms with Gasteiger partial charge in [0.15, 0.2) is 5.15 Å². The van der Waals surface area contributed by atoms with Crippen LogP contribution in [0.25, 0.3) is 0 Å². The fourth-order valence-corrected chi connectivity index (χ4v) is 2.20. The average Bonchev–Trinajstić information content (AvgIpc) is 2.42. The van der Waals surface area contributed by atoms with E-state index < -0.39 is 6.09 Å². The second-order valence-corrected chi connectivity index (χ2v) is 4.86. The molecule has 0 unspecified atom stereocenters. The number of carbonyl (C=O) groups excluding carboxylic acids is 1. The third-order valence-corrected chi connectivity index (χ3v) is 3.07. The van der Waals surface area contributed by atoms with Gasteiger partial charge in [-0.2, -0.15) is 0 Å². The van der Waals surface area contributed by atoms with Crippen LogP contribution in [0, 0.1) is 6.92 Å². The fourth-order valence-electron chi connectivity index (χ4n) is 1.57. The molecule has 1 heterocycles. The van der Waals surface area contributed by atoms with E-state index in [-0.39, 0.29) is 17.4 Å². The summed E-state index contributed by atoms with van der Waals surface area (Å²) in [5.41, 5.74) is 1.81. The molecular weight excluding hydrogens is 299 g/mol. The molecule has 0 radical (unpaired) electrons. The Hall–Kier alpha value is -1.78. The topological polar surface area (TPSA) is 51.2 Å². The number of benzene rings is 1. The molecule has 0 saturated heterocycles. The molecule has 0 spiro atoms. The first kappa shape index (κ1) is 14.6. The van der Waals surface area contributed by atoms with Crippen LogP contribution in [0.1, 0.15) is 11.3 Å². The first-order chi connectivity index (χ1) is 9.56. The molecule has 0 aliphatic rings. The summed E-state index contributed by atoms with van der Waals surface area (Å²) in [4.78, 5) is 15.7. The number of nitrogens with zero attached hydrogens (tertiary/aromatic N) is 1. The Balaban J connectivity index is 1.98. The maximum Gasteiger partial charge on any atom is 0.412 e. The van der Waals surface area contributed by atoms with Crippen LogP contribution in [0.4, 0.5) is 10.5 Å². The molecule has 2 aromatic rings. The van der Waals surface area contributed by atoms with E-state index in [0.717, 1.165) is 5.56 Å². The lowest BCUT2D eigenvalue weighted by molar-refractivity contribution is 0.155. The SMILES string of the molecule is Cc1cc(Cl)c(NC(=O)OCc2ccccc2)c(Cl)n1. The number of hydrogen-bond donors (Lipinski definition) is 1. The number of pyridine rings is 1. The van der Waals surface area contributed by atoms with Gasteiger partial charge in [0.25, 0.3) is 0 Å². The molecule has 0 fully saturated rings. The third-order valence-electron chi connectivity index (χ3n) is 2.50. The number of aromatic nitrogens is 1. The Labute approximate surface area is 126 Å². The molecule has 20 heavy (non-hydrogen) atoms. The van der Waals surface area contributed by atoms with Crippen molar-refractivity contribution < 1.29 is 9.53 Å². The Kier molecular flexibility index (Phi) is 4.82. The number of carbonyl (C=O) groups is 1. The van der Waals surface area contributed by atoms with Crippen molar-refractivity contribution in [3.05, 3.63) is 57.8 Å². The van der Waals surface area contributed by atoms with Gasteiger partial charge in [-0.15, -0.1) is 0 Å². The van der Waals surface area contributed by atoms with Crippen LogP contribution in [0.5, 0.6) is 0 Å². The van der Waals surface area contributed by atoms with Gasteiger partial charge in [0, 0.05) is 5.69 Å². The summed E-state index contributed by atoms with van der Waals surface area (Å²) < 4.78 is 5.08. The molecule has 1 aromatic heterocycles. The molecule has 1 amide bonds. The molecule has 104 valence electrons. The van der Waals surface area contributed by atoms with Gasteiger partial charge in [0.2, 0.25) is 0 Å². The van der Waals surface area contributed by atoms with E-state index in [1.165, 1.54) is 0 Å². The van der Waals surface area contributed by atoms with Gasteiger partial charge >= 0.3 is 6.09 Å². The quantitative estimate of drug-likeness (QED) is 0.852. The van der Waals surface area contributed by atoms with Crippen molar-refractivity contribution in [2.24, 2.45) is 0 Å². The molecule has 6 heteroatoms. The minimum Gasteiger partial charge on any atom is -0.444 e. The van der Waals surface area contributed by atoms with E-state index in [9.17, 15) is 4.79 Å². The van der Waals surface area contributed by atoms with E-state index in [4.69, 9.17) is 27.9 Å². The van der Waals surface area contributed by atoms with Gasteiger partial charge in [0.1, 0.15) is 12.3 Å². The number of ether oxygens (including phenoxy) is 1. The Bertz CT molecular complexity index is 595. The smallest absolute Gasteiger partial charge is 0.412 e. The molecule has 0 aliphatic heterocycles. The summed E-state index contributed by atoms with van der Waals surface area (Å²) in [6, 6.07) is 11.0. The van der Waals surface area contributed by atoms with Crippen molar-refractivity contribution in [1.82, 2.24) is 4.98 Å². The van der Waals surface area contributed by atoms with Crippen molar-refractivity contribution in [3.63, 3.8) is 0 Å². The van der Waals surface area contributed by atoms with Crippen LogP contribution < -0.4 is 5.32 Å². The van der Waals surface area contributed by atoms with Crippen LogP contribution in [-0.4, -0.2) is 11.1 Å². The monoisotopic (exact) mass is 310 g/mol. The lowest BCUT2D eigenvalue weighted by atomic mass is 10.2. The van der Waals surface area contributed by atoms with E-state index in [1.54, 1.807) is 13.0 Å². The predicted molar refractivity (Wildman–Crippen MR) is 79.2 cm³/mol. The maximum absolute atomic E-state index is 11.7. The van der Waals surface area contributed by atoms with Gasteiger partial charge in [-0.3, -0.25) is 5.32 Å². The van der Waals surface area contributed by atoms with Crippen molar-refractivity contribution in [2.45, 2.75) is 13.5 Å². The minimum absolute atomic E-state index is 0.131. The zero-order chi connectivity index (χ0) is 14.5. The standard InChI is InChI=1S/C14H12Cl2N2O2/c1-9-7-11(15)12(13(16)17-9)18-14(19)20-8-10-5-3-2-4-6-10/h2-7H,8H2,1H3,(H,18,19). The van der Waals surface area contributed by atoms with Crippen molar-refractivity contribution in [1.29, 1.82) is 0 Å². The van der Waals surface area contributed by atoms with Gasteiger partial charge in [0.05, 0.1) is 5.02 Å². The molecule has 1 N–H and O–H groups in total. The lowest BCUT2D eigenvalue weighted by Crippen LogP contribution is -2.14. The predicted octanol–water partition coefficient (Wildman–Crippen LogP) is 4.45. The number of halogens is 2. The van der Waals surface area contributed by atoms with E-state index in [1.807, 2.05) is 30.3 Å². The van der Waals surface area contributed by atoms with Gasteiger partial charge in [-0.05, 0) is 18.6 Å². The molecule has 1 aromatic carbocycles. The number of anilines is 1. The van der Waals surface area contributed by atoms with Crippen LogP contribution in [0.2, 0.25) is 10.2 Å². The number of rotatable bonds is 3. The third kappa shape index (κ3) is 3.85. The molecule has 0 saturated carbocycles. The highest BCUT2D eigenvalue weighted by molar-refractivity contribution is 6.39. The van der Waals surface area contributed by atoms with Crippen LogP contribution >= 0.6 is 23.2 Å². The summed E-state index contributed by atoms with van der Waals surface area (Å²) in [7, 11) is 0. The Morgan fingerprint density at radius 2 is 2.00 bits per heavy atom. The molecule has 0 bridgehead atoms. The fraction of sp³-hybridized carbons (Fsp3) is 0.143. The lowest BCUT2D eigenvalue weighted by Gasteiger charge is -2.10. The molecule has 0 aliphatic carbocycles. The van der Waals surface area contributed by atoms with Crippen LogP contribution in [0.3, 0.4) is 0 Å². The second kappa shape index (κ2) is 6.59. The molecule has 2 rings (SSSR count). The van der Waals surface area contributed by atoms with Gasteiger partial charge in [-0.25, -0.2) is 9.78 Å². The van der Waals surface area contributed by atoms with Gasteiger partial charge < -0.3 is 4.74 Å². The summed E-state index contributed by atoms with van der Waals surface area (Å²) in [5, 5.41) is 2.94. The minimum atomic E-state index is -0.636. The summed E-state index contributed by atoms with van der Waals surface area (Å²) >= 11 is 11.9. The normalized spacial score (nSPS) is 10.2. The molecular formula is C14H12Cl2N2O2. The summed E-state index contributed by atoms with van der Waals surface area (Å²) in [5.74, 6) is 0. The highest BCUT2D eigenvalue weighted by Crippen LogP contribution is 2.29. The first-order valence-electron chi connectivity index (χ1n) is 5.86. The zero-order valence-corrected chi connectivity index (χ0v) is 12.2. The van der Waals surface area contributed by atoms with E-state index in [0.29, 0.717) is 10.7 Å². The maximum atomic E-state index is 11.7. The zero-order valence-electron chi connectivity index (χ0n) is 10.7. The number of nitrogens with one attached hydrogen (secondary N) is 1. The Morgan fingerprint density at radius 1 is 1.30 bits per heavy atom. The number of aryl methyl sites for hydroxylation is 1. The summed E-state index contributed by atoms with van der Waals surface area (Å²) in [6.07, 6.45) is -0.636. The van der Waals surface area contributed by atoms with Crippen molar-refractivity contribution >= 4 is 35.0 Å². The Morgan fingerprint density at radius 3 is 2.65 bits per heavy atom. The van der Waals surface area contributed by atoms with Crippen molar-refractivity contribution in [3.8, 4) is 0 Å². The molecule has 0 atom stereocenters. The van der Waals surface area contributed by atoms with Crippen LogP contribution in [0.15, 0.2) is 36.4 Å². The number of hydrogen-bond acceptors (Lipinski definition) is 3. The van der Waals surface area contributed by atoms with Crippen LogP contribution in [-0.2, 0) is 11.3 Å². The van der Waals surface area contributed by atoms with E-state index in [2.05, 4.69) is 10.3 Å². The average molecular weight is 311 g/mol. The highest BCUT2D eigenvalue weighted by atomic mass is 35.5. The largest absolute Gasteiger partial charge is 0.444 e. The van der Waals surface area contributed by atoms with Gasteiger partial charge in [-0.1, -0.05) is 53.5 Å². The van der Waals surface area contributed by atoms with E-state index >= 15 is 0 Å². The molecule has 4 nitrogen and oxygen atoms in total. The summed E-state index contributed by atoms with van der Waals surface area (Å²) in [6.45, 7) is 1.93.